The second-order valence-electron chi connectivity index (χ2n) is 6.51. The fourth-order valence-corrected chi connectivity index (χ4v) is 3.40. The fraction of sp³-hybridized carbons (Fsp3) is 0.350. The van der Waals surface area contributed by atoms with Crippen molar-refractivity contribution in [2.24, 2.45) is 0 Å². The minimum absolute atomic E-state index is 0.0224. The van der Waals surface area contributed by atoms with Crippen molar-refractivity contribution in [2.75, 3.05) is 11.4 Å². The van der Waals surface area contributed by atoms with E-state index in [2.05, 4.69) is 19.1 Å². The van der Waals surface area contributed by atoms with Crippen LogP contribution in [0.4, 0.5) is 10.1 Å². The summed E-state index contributed by atoms with van der Waals surface area (Å²) in [5.41, 5.74) is 4.65. The van der Waals surface area contributed by atoms with Gasteiger partial charge < -0.3 is 10.0 Å². The Morgan fingerprint density at radius 3 is 2.58 bits per heavy atom. The zero-order chi connectivity index (χ0) is 17.1. The molecule has 1 saturated heterocycles. The Kier molecular flexibility index (Phi) is 4.84. The molecule has 1 aliphatic heterocycles. The van der Waals surface area contributed by atoms with Gasteiger partial charge in [-0.3, -0.25) is 4.79 Å². The average molecular weight is 327 g/mol. The Labute approximate surface area is 141 Å². The van der Waals surface area contributed by atoms with Crippen molar-refractivity contribution in [2.45, 2.75) is 38.4 Å². The molecule has 2 atom stereocenters. The number of aryl methyl sites for hydroxylation is 1. The van der Waals surface area contributed by atoms with Gasteiger partial charge in [0.25, 0.3) is 0 Å². The molecular formula is C20H22FNO2. The van der Waals surface area contributed by atoms with Crippen molar-refractivity contribution in [3.8, 4) is 0 Å². The maximum absolute atomic E-state index is 13.7. The van der Waals surface area contributed by atoms with Gasteiger partial charge in [0, 0.05) is 24.7 Å². The quantitative estimate of drug-likeness (QED) is 0.903. The lowest BCUT2D eigenvalue weighted by Gasteiger charge is -2.25. The summed E-state index contributed by atoms with van der Waals surface area (Å²) < 4.78 is 13.7. The minimum Gasteiger partial charge on any atom is -0.481 e. The van der Waals surface area contributed by atoms with Crippen LogP contribution in [-0.2, 0) is 11.2 Å². The molecule has 3 nitrogen and oxygen atoms in total. The zero-order valence-electron chi connectivity index (χ0n) is 13.8. The fourth-order valence-electron chi connectivity index (χ4n) is 3.40. The van der Waals surface area contributed by atoms with Gasteiger partial charge in [-0.25, -0.2) is 4.39 Å². The molecule has 0 saturated carbocycles. The van der Waals surface area contributed by atoms with Gasteiger partial charge in [0.1, 0.15) is 6.17 Å². The van der Waals surface area contributed by atoms with E-state index in [1.54, 1.807) is 0 Å². The molecule has 0 spiro atoms. The number of benzene rings is 2. The van der Waals surface area contributed by atoms with Crippen LogP contribution in [0.2, 0.25) is 0 Å². The molecule has 24 heavy (non-hydrogen) atoms. The number of alkyl halides is 1. The lowest BCUT2D eigenvalue weighted by Crippen LogP contribution is -2.31. The van der Waals surface area contributed by atoms with Gasteiger partial charge in [-0.1, -0.05) is 36.4 Å². The summed E-state index contributed by atoms with van der Waals surface area (Å²) in [6.45, 7) is 2.38. The molecule has 2 aromatic carbocycles. The monoisotopic (exact) mass is 327 g/mol. The van der Waals surface area contributed by atoms with Crippen LogP contribution in [0.25, 0.3) is 0 Å². The first-order chi connectivity index (χ1) is 11.5. The number of carbonyl (C=O) groups is 1. The van der Waals surface area contributed by atoms with Gasteiger partial charge >= 0.3 is 5.97 Å². The van der Waals surface area contributed by atoms with Crippen LogP contribution in [0.1, 0.15) is 29.5 Å². The number of carboxylic acids is 1. The molecule has 1 N–H and O–H groups in total. The molecule has 4 heteroatoms. The Hall–Kier alpha value is -2.36. The summed E-state index contributed by atoms with van der Waals surface area (Å²) in [5, 5.41) is 9.01. The number of hydrogen-bond acceptors (Lipinski definition) is 2. The molecule has 0 aliphatic carbocycles. The summed E-state index contributed by atoms with van der Waals surface area (Å²) in [4.78, 5) is 12.9. The Morgan fingerprint density at radius 2 is 1.92 bits per heavy atom. The number of anilines is 1. The van der Waals surface area contributed by atoms with E-state index in [1.807, 2.05) is 41.3 Å². The highest BCUT2D eigenvalue weighted by atomic mass is 19.1. The predicted octanol–water partition coefficient (Wildman–Crippen LogP) is 3.98. The van der Waals surface area contributed by atoms with E-state index in [9.17, 15) is 9.18 Å². The van der Waals surface area contributed by atoms with Crippen LogP contribution in [-0.4, -0.2) is 29.8 Å². The Bertz CT molecular complexity index is 714. The van der Waals surface area contributed by atoms with E-state index >= 15 is 0 Å². The van der Waals surface area contributed by atoms with Gasteiger partial charge in [0.2, 0.25) is 0 Å². The second kappa shape index (κ2) is 7.04. The summed E-state index contributed by atoms with van der Waals surface area (Å²) in [5.74, 6) is -0.879. The SMILES string of the molecule is Cc1ccccc1Cc1ccc(N2C[C@@H](F)C[C@@H]2CC(=O)O)cc1. The first-order valence-corrected chi connectivity index (χ1v) is 8.29. The first kappa shape index (κ1) is 16.5. The normalized spacial score (nSPS) is 20.3. The second-order valence-corrected chi connectivity index (χ2v) is 6.51. The largest absolute Gasteiger partial charge is 0.481 e. The smallest absolute Gasteiger partial charge is 0.305 e. The van der Waals surface area contributed by atoms with Crippen LogP contribution in [0.3, 0.4) is 0 Å². The highest BCUT2D eigenvalue weighted by Gasteiger charge is 2.33. The van der Waals surface area contributed by atoms with E-state index in [-0.39, 0.29) is 25.4 Å². The van der Waals surface area contributed by atoms with E-state index in [0.29, 0.717) is 0 Å². The van der Waals surface area contributed by atoms with Crippen LogP contribution < -0.4 is 4.90 Å². The average Bonchev–Trinajstić information content (AvgIpc) is 2.90. The van der Waals surface area contributed by atoms with Gasteiger partial charge in [-0.15, -0.1) is 0 Å². The van der Waals surface area contributed by atoms with E-state index in [1.165, 1.54) is 16.7 Å². The molecule has 1 heterocycles. The standard InChI is InChI=1S/C20H22FNO2/c1-14-4-2-3-5-16(14)10-15-6-8-18(9-7-15)22-13-17(21)11-19(22)12-20(23)24/h2-9,17,19H,10-13H2,1H3,(H,23,24)/t17-,19+/m0/s1. The molecule has 0 bridgehead atoms. The van der Waals surface area contributed by atoms with Crippen LogP contribution in [0.15, 0.2) is 48.5 Å². The summed E-state index contributed by atoms with van der Waals surface area (Å²) in [6, 6.07) is 16.1. The van der Waals surface area contributed by atoms with Gasteiger partial charge in [-0.2, -0.15) is 0 Å². The topological polar surface area (TPSA) is 40.5 Å². The Balaban J connectivity index is 1.74. The van der Waals surface area contributed by atoms with Crippen molar-refractivity contribution >= 4 is 11.7 Å². The predicted molar refractivity (Wildman–Crippen MR) is 93.3 cm³/mol. The van der Waals surface area contributed by atoms with E-state index < -0.39 is 12.1 Å². The summed E-state index contributed by atoms with van der Waals surface area (Å²) >= 11 is 0. The van der Waals surface area contributed by atoms with Crippen molar-refractivity contribution in [3.63, 3.8) is 0 Å². The minimum atomic E-state index is -0.957. The zero-order valence-corrected chi connectivity index (χ0v) is 13.8. The first-order valence-electron chi connectivity index (χ1n) is 8.29. The highest BCUT2D eigenvalue weighted by Crippen LogP contribution is 2.29. The summed E-state index contributed by atoms with van der Waals surface area (Å²) in [6.07, 6.45) is 0.167. The molecule has 126 valence electrons. The number of hydrogen-bond donors (Lipinski definition) is 1. The van der Waals surface area contributed by atoms with E-state index in [4.69, 9.17) is 5.11 Å². The number of aliphatic carboxylic acids is 1. The molecule has 1 aliphatic rings. The molecule has 2 aromatic rings. The van der Waals surface area contributed by atoms with Gasteiger partial charge in [-0.05, 0) is 42.2 Å². The maximum atomic E-state index is 13.7. The molecule has 0 unspecified atom stereocenters. The molecule has 0 amide bonds. The third kappa shape index (κ3) is 3.75. The van der Waals surface area contributed by atoms with Gasteiger partial charge in [0.15, 0.2) is 0 Å². The number of halogens is 1. The lowest BCUT2D eigenvalue weighted by molar-refractivity contribution is -0.137. The van der Waals surface area contributed by atoms with Crippen molar-refractivity contribution in [1.29, 1.82) is 0 Å². The lowest BCUT2D eigenvalue weighted by atomic mass is 10.0. The van der Waals surface area contributed by atoms with Crippen LogP contribution >= 0.6 is 0 Å². The summed E-state index contributed by atoms with van der Waals surface area (Å²) in [7, 11) is 0. The molecule has 3 rings (SSSR count). The highest BCUT2D eigenvalue weighted by molar-refractivity contribution is 5.69. The molecule has 0 aromatic heterocycles. The number of nitrogens with zero attached hydrogens (tertiary/aromatic N) is 1. The van der Waals surface area contributed by atoms with Gasteiger partial charge in [0.05, 0.1) is 6.42 Å². The van der Waals surface area contributed by atoms with Crippen LogP contribution in [0.5, 0.6) is 0 Å². The molecule has 0 radical (unpaired) electrons. The maximum Gasteiger partial charge on any atom is 0.305 e. The van der Waals surface area contributed by atoms with Crippen molar-refractivity contribution < 1.29 is 14.3 Å². The van der Waals surface area contributed by atoms with Crippen molar-refractivity contribution in [3.05, 3.63) is 65.2 Å². The molecular weight excluding hydrogens is 305 g/mol. The number of rotatable bonds is 5. The van der Waals surface area contributed by atoms with Crippen molar-refractivity contribution in [1.82, 2.24) is 0 Å². The molecule has 1 fully saturated rings. The van der Waals surface area contributed by atoms with Crippen LogP contribution in [0, 0.1) is 6.92 Å². The van der Waals surface area contributed by atoms with E-state index in [0.717, 1.165) is 12.1 Å². The number of carboxylic acid groups (broad SMARTS) is 1. The third-order valence-electron chi connectivity index (χ3n) is 4.70. The third-order valence-corrected chi connectivity index (χ3v) is 4.70. The Morgan fingerprint density at radius 1 is 1.21 bits per heavy atom.